The maximum atomic E-state index is 4.19. The van der Waals surface area contributed by atoms with Crippen molar-refractivity contribution in [2.45, 2.75) is 0 Å². The van der Waals surface area contributed by atoms with Crippen molar-refractivity contribution in [3.05, 3.63) is 12.7 Å². The van der Waals surface area contributed by atoms with Crippen LogP contribution < -0.4 is 5.32 Å². The molecule has 0 bridgehead atoms. The molecule has 3 heteroatoms. The molecule has 0 fully saturated rings. The van der Waals surface area contributed by atoms with E-state index in [0.717, 1.165) is 24.0 Å². The Kier molecular flexibility index (Phi) is 2.64. The van der Waals surface area contributed by atoms with Crippen molar-refractivity contribution in [3.8, 4) is 0 Å². The predicted octanol–water partition coefficient (Wildman–Crippen LogP) is 0.865. The van der Waals surface area contributed by atoms with Crippen LogP contribution in [0.5, 0.6) is 0 Å². The van der Waals surface area contributed by atoms with Gasteiger partial charge in [0, 0.05) is 12.3 Å². The van der Waals surface area contributed by atoms with E-state index in [9.17, 15) is 0 Å². The van der Waals surface area contributed by atoms with Gasteiger partial charge in [0.05, 0.1) is 6.54 Å². The number of rotatable bonds is 2. The van der Waals surface area contributed by atoms with Crippen molar-refractivity contribution in [2.75, 3.05) is 18.8 Å². The minimum absolute atomic E-state index is 0.930. The van der Waals surface area contributed by atoms with Crippen molar-refractivity contribution < 1.29 is 0 Å². The molecule has 0 amide bonds. The summed E-state index contributed by atoms with van der Waals surface area (Å²) in [5.74, 6) is 0.950. The molecule has 0 spiro atoms. The number of hydrogen-bond acceptors (Lipinski definition) is 3. The van der Waals surface area contributed by atoms with Gasteiger partial charge in [0.1, 0.15) is 0 Å². The Labute approximate surface area is 59.4 Å². The Bertz CT molecular complexity index is 131. The maximum Gasteiger partial charge on any atom is 0.156 e. The minimum Gasteiger partial charge on any atom is -0.363 e. The van der Waals surface area contributed by atoms with Gasteiger partial charge in [-0.3, -0.25) is 4.99 Å². The van der Waals surface area contributed by atoms with Crippen molar-refractivity contribution in [3.63, 3.8) is 0 Å². The molecule has 0 aromatic carbocycles. The van der Waals surface area contributed by atoms with E-state index in [0.29, 0.717) is 0 Å². The highest BCUT2D eigenvalue weighted by Crippen LogP contribution is 2.03. The number of nitrogens with zero attached hydrogens (tertiary/aromatic N) is 1. The van der Waals surface area contributed by atoms with Crippen LogP contribution in [0.1, 0.15) is 0 Å². The lowest BCUT2D eigenvalue weighted by Gasteiger charge is -1.95. The molecular formula is C6H10N2S. The molecule has 1 aliphatic rings. The normalized spacial score (nSPS) is 16.7. The fourth-order valence-electron chi connectivity index (χ4n) is 0.611. The van der Waals surface area contributed by atoms with Crippen LogP contribution in [-0.2, 0) is 0 Å². The van der Waals surface area contributed by atoms with Gasteiger partial charge in [-0.25, -0.2) is 0 Å². The fourth-order valence-corrected chi connectivity index (χ4v) is 1.27. The van der Waals surface area contributed by atoms with Crippen LogP contribution in [0.4, 0.5) is 0 Å². The zero-order chi connectivity index (χ0) is 6.53. The number of hydrogen-bond donors (Lipinski definition) is 1. The van der Waals surface area contributed by atoms with Gasteiger partial charge in [-0.15, -0.1) is 6.58 Å². The van der Waals surface area contributed by atoms with Crippen molar-refractivity contribution >= 4 is 16.9 Å². The van der Waals surface area contributed by atoms with Crippen LogP contribution in [0.15, 0.2) is 17.6 Å². The molecule has 0 aromatic heterocycles. The Morgan fingerprint density at radius 3 is 3.33 bits per heavy atom. The quantitative estimate of drug-likeness (QED) is 0.578. The van der Waals surface area contributed by atoms with Gasteiger partial charge in [0.25, 0.3) is 0 Å². The van der Waals surface area contributed by atoms with E-state index in [4.69, 9.17) is 0 Å². The van der Waals surface area contributed by atoms with E-state index < -0.39 is 0 Å². The second-order valence-corrected chi connectivity index (χ2v) is 2.72. The molecule has 0 atom stereocenters. The highest BCUT2D eigenvalue weighted by Gasteiger charge is 2.02. The average Bonchev–Trinajstić information content (AvgIpc) is 2.34. The zero-order valence-electron chi connectivity index (χ0n) is 5.26. The smallest absolute Gasteiger partial charge is 0.156 e. The molecule has 0 aliphatic carbocycles. The molecule has 0 saturated carbocycles. The average molecular weight is 142 g/mol. The maximum absolute atomic E-state index is 4.19. The Hall–Kier alpha value is -0.440. The minimum atomic E-state index is 0.930. The lowest BCUT2D eigenvalue weighted by molar-refractivity contribution is 0.963. The van der Waals surface area contributed by atoms with E-state index >= 15 is 0 Å². The topological polar surface area (TPSA) is 24.4 Å². The summed E-state index contributed by atoms with van der Waals surface area (Å²) in [6, 6.07) is 0. The summed E-state index contributed by atoms with van der Waals surface area (Å²) in [6.07, 6.45) is 1.88. The van der Waals surface area contributed by atoms with E-state index in [1.165, 1.54) is 0 Å². The van der Waals surface area contributed by atoms with Gasteiger partial charge >= 0.3 is 0 Å². The van der Waals surface area contributed by atoms with Gasteiger partial charge in [-0.1, -0.05) is 17.8 Å². The third kappa shape index (κ3) is 2.10. The van der Waals surface area contributed by atoms with Gasteiger partial charge in [0.2, 0.25) is 0 Å². The zero-order valence-corrected chi connectivity index (χ0v) is 6.08. The Morgan fingerprint density at radius 2 is 2.78 bits per heavy atom. The largest absolute Gasteiger partial charge is 0.363 e. The molecule has 50 valence electrons. The van der Waals surface area contributed by atoms with Crippen LogP contribution >= 0.6 is 11.8 Å². The van der Waals surface area contributed by atoms with Crippen LogP contribution in [0.2, 0.25) is 0 Å². The summed E-state index contributed by atoms with van der Waals surface area (Å²) in [7, 11) is 0. The third-order valence-corrected chi connectivity index (χ3v) is 1.93. The van der Waals surface area contributed by atoms with Crippen molar-refractivity contribution in [1.29, 1.82) is 0 Å². The van der Waals surface area contributed by atoms with Crippen molar-refractivity contribution in [1.82, 2.24) is 5.32 Å². The first-order chi connectivity index (χ1) is 4.43. The van der Waals surface area contributed by atoms with Crippen LogP contribution in [0.3, 0.4) is 0 Å². The molecule has 1 N–H and O–H groups in total. The van der Waals surface area contributed by atoms with E-state index in [1.54, 1.807) is 11.8 Å². The summed E-state index contributed by atoms with van der Waals surface area (Å²) >= 11 is 1.70. The summed E-state index contributed by atoms with van der Waals surface area (Å²) in [5.41, 5.74) is 0. The molecule has 1 rings (SSSR count). The third-order valence-electron chi connectivity index (χ3n) is 0.981. The van der Waals surface area contributed by atoms with E-state index in [1.807, 2.05) is 6.08 Å². The molecule has 1 aliphatic heterocycles. The summed E-state index contributed by atoms with van der Waals surface area (Å²) < 4.78 is 0. The number of amidine groups is 1. The van der Waals surface area contributed by atoms with Gasteiger partial charge in [-0.2, -0.15) is 0 Å². The monoisotopic (exact) mass is 142 g/mol. The highest BCUT2D eigenvalue weighted by molar-refractivity contribution is 8.13. The van der Waals surface area contributed by atoms with Crippen molar-refractivity contribution in [2.24, 2.45) is 4.99 Å². The molecule has 0 radical (unpaired) electrons. The van der Waals surface area contributed by atoms with Crippen LogP contribution in [0, 0.1) is 0 Å². The second-order valence-electron chi connectivity index (χ2n) is 1.71. The molecule has 0 aromatic rings. The van der Waals surface area contributed by atoms with Gasteiger partial charge in [0.15, 0.2) is 5.17 Å². The standard InChI is InChI=1S/C6H10N2S/c1-2-5-9-6-7-3-4-8-6/h2H,1,3-5H2,(H,7,8). The van der Waals surface area contributed by atoms with E-state index in [2.05, 4.69) is 16.9 Å². The van der Waals surface area contributed by atoms with E-state index in [-0.39, 0.29) is 0 Å². The first-order valence-corrected chi connectivity index (χ1v) is 3.94. The molecule has 9 heavy (non-hydrogen) atoms. The first-order valence-electron chi connectivity index (χ1n) is 2.95. The van der Waals surface area contributed by atoms with Crippen LogP contribution in [0.25, 0.3) is 0 Å². The molecule has 0 unspecified atom stereocenters. The second kappa shape index (κ2) is 3.56. The highest BCUT2D eigenvalue weighted by atomic mass is 32.2. The van der Waals surface area contributed by atoms with Crippen LogP contribution in [-0.4, -0.2) is 24.0 Å². The SMILES string of the molecule is C=CCSC1=NCCN1. The summed E-state index contributed by atoms with van der Waals surface area (Å²) in [5, 5.41) is 4.22. The lowest BCUT2D eigenvalue weighted by Crippen LogP contribution is -2.14. The fraction of sp³-hybridized carbons (Fsp3) is 0.500. The molecule has 0 saturated heterocycles. The summed E-state index contributed by atoms with van der Waals surface area (Å²) in [6.45, 7) is 5.55. The first kappa shape index (κ1) is 6.68. The summed E-state index contributed by atoms with van der Waals surface area (Å²) in [4.78, 5) is 4.19. The molecular weight excluding hydrogens is 132 g/mol. The predicted molar refractivity (Wildman–Crippen MR) is 43.0 cm³/mol. The Balaban J connectivity index is 2.18. The number of aliphatic imine (C=N–C) groups is 1. The van der Waals surface area contributed by atoms with Gasteiger partial charge in [-0.05, 0) is 0 Å². The number of thioether (sulfide) groups is 1. The number of nitrogens with one attached hydrogen (secondary N) is 1. The Morgan fingerprint density at radius 1 is 1.89 bits per heavy atom. The van der Waals surface area contributed by atoms with Gasteiger partial charge < -0.3 is 5.32 Å². The molecule has 2 nitrogen and oxygen atoms in total. The molecule has 1 heterocycles. The lowest BCUT2D eigenvalue weighted by atomic mass is 10.7.